The van der Waals surface area contributed by atoms with Crippen molar-refractivity contribution in [2.24, 2.45) is 5.92 Å². The van der Waals surface area contributed by atoms with Gasteiger partial charge in [0.25, 0.3) is 0 Å². The molecule has 5 nitrogen and oxygen atoms in total. The van der Waals surface area contributed by atoms with E-state index >= 15 is 0 Å². The number of carbonyl (C=O) groups excluding carboxylic acids is 2. The quantitative estimate of drug-likeness (QED) is 0.561. The molecule has 1 heterocycles. The molecule has 24 heavy (non-hydrogen) atoms. The highest BCUT2D eigenvalue weighted by Crippen LogP contribution is 2.27. The summed E-state index contributed by atoms with van der Waals surface area (Å²) in [5.74, 6) is 0.432. The Bertz CT molecular complexity index is 542. The maximum Gasteiger partial charge on any atom is 0.311 e. The zero-order valence-electron chi connectivity index (χ0n) is 14.4. The van der Waals surface area contributed by atoms with Gasteiger partial charge in [0, 0.05) is 11.9 Å². The molecule has 1 aliphatic carbocycles. The summed E-state index contributed by atoms with van der Waals surface area (Å²) < 4.78 is 5.73. The Morgan fingerprint density at radius 1 is 1.42 bits per heavy atom. The molecular weight excluding hydrogens is 344 g/mol. The minimum absolute atomic E-state index is 0.0627. The van der Waals surface area contributed by atoms with Crippen LogP contribution < -0.4 is 5.32 Å². The summed E-state index contributed by atoms with van der Waals surface area (Å²) in [5, 5.41) is 4.74. The molecule has 1 atom stereocenters. The number of aromatic nitrogens is 1. The number of hydrogen-bond donors (Lipinski definition) is 1. The number of esters is 1. The highest BCUT2D eigenvalue weighted by atomic mass is 32.2. The summed E-state index contributed by atoms with van der Waals surface area (Å²) in [5.41, 5.74) is 0.704. The third-order valence-electron chi connectivity index (χ3n) is 4.10. The maximum absolute atomic E-state index is 12.2. The molecule has 0 aromatic carbocycles. The molecule has 0 bridgehead atoms. The minimum Gasteiger partial charge on any atom is -0.466 e. The summed E-state index contributed by atoms with van der Waals surface area (Å²) in [6, 6.07) is 0. The van der Waals surface area contributed by atoms with E-state index in [1.807, 2.05) is 12.3 Å². The predicted octanol–water partition coefficient (Wildman–Crippen LogP) is 3.43. The second-order valence-corrected chi connectivity index (χ2v) is 8.54. The fourth-order valence-electron chi connectivity index (χ4n) is 2.77. The molecule has 0 unspecified atom stereocenters. The van der Waals surface area contributed by atoms with Crippen LogP contribution in [-0.4, -0.2) is 35.3 Å². The van der Waals surface area contributed by atoms with E-state index in [4.69, 9.17) is 4.74 Å². The molecule has 134 valence electrons. The number of thiazole rings is 1. The number of ether oxygens (including phenoxy) is 1. The summed E-state index contributed by atoms with van der Waals surface area (Å²) >= 11 is 2.91. The normalized spacial score (nSPS) is 16.6. The van der Waals surface area contributed by atoms with Gasteiger partial charge < -0.3 is 10.1 Å². The van der Waals surface area contributed by atoms with Crippen molar-refractivity contribution in [3.05, 3.63) is 11.1 Å². The van der Waals surface area contributed by atoms with Crippen molar-refractivity contribution >= 4 is 35.0 Å². The van der Waals surface area contributed by atoms with E-state index in [1.54, 1.807) is 6.92 Å². The fraction of sp³-hybridized carbons (Fsp3) is 0.706. The van der Waals surface area contributed by atoms with Crippen LogP contribution >= 0.6 is 23.1 Å². The molecule has 1 aromatic heterocycles. The highest BCUT2D eigenvalue weighted by molar-refractivity contribution is 8.02. The molecule has 1 aromatic rings. The van der Waals surface area contributed by atoms with Crippen LogP contribution in [0.1, 0.15) is 51.6 Å². The van der Waals surface area contributed by atoms with Crippen LogP contribution in [0.4, 0.5) is 0 Å². The Hall–Kier alpha value is -1.08. The van der Waals surface area contributed by atoms with Crippen LogP contribution in [0.3, 0.4) is 0 Å². The molecular formula is C17H26N2O3S2. The molecule has 0 radical (unpaired) electrons. The van der Waals surface area contributed by atoms with Crippen LogP contribution in [0.15, 0.2) is 9.72 Å². The van der Waals surface area contributed by atoms with Crippen LogP contribution in [0.5, 0.6) is 0 Å². The third kappa shape index (κ3) is 6.43. The van der Waals surface area contributed by atoms with Gasteiger partial charge in [-0.25, -0.2) is 4.98 Å². The van der Waals surface area contributed by atoms with E-state index in [1.165, 1.54) is 55.2 Å². The molecule has 2 rings (SSSR count). The molecule has 1 fully saturated rings. The lowest BCUT2D eigenvalue weighted by Crippen LogP contribution is -2.35. The molecule has 0 saturated heterocycles. The van der Waals surface area contributed by atoms with Crippen molar-refractivity contribution in [3.8, 4) is 0 Å². The largest absolute Gasteiger partial charge is 0.466 e. The first-order valence-electron chi connectivity index (χ1n) is 8.63. The summed E-state index contributed by atoms with van der Waals surface area (Å²) in [6.45, 7) is 4.85. The number of nitrogens with zero attached hydrogens (tertiary/aromatic N) is 1. The zero-order valence-corrected chi connectivity index (χ0v) is 16.0. The first-order chi connectivity index (χ1) is 11.6. The molecule has 1 amide bonds. The smallest absolute Gasteiger partial charge is 0.311 e. The Morgan fingerprint density at radius 2 is 2.17 bits per heavy atom. The van der Waals surface area contributed by atoms with E-state index in [9.17, 15) is 9.59 Å². The highest BCUT2D eigenvalue weighted by Gasteiger charge is 2.19. The Labute approximate surface area is 152 Å². The topological polar surface area (TPSA) is 68.3 Å². The Morgan fingerprint density at radius 3 is 2.88 bits per heavy atom. The number of rotatable bonds is 8. The number of hydrogen-bond acceptors (Lipinski definition) is 6. The van der Waals surface area contributed by atoms with Crippen LogP contribution in [-0.2, 0) is 20.7 Å². The lowest BCUT2D eigenvalue weighted by atomic mass is 9.89. The monoisotopic (exact) mass is 370 g/mol. The SMILES string of the molecule is CCOC(=O)Cc1csc(S[C@@H](C)C(=O)NCC2CCCCC2)n1. The van der Waals surface area contributed by atoms with E-state index in [2.05, 4.69) is 10.3 Å². The van der Waals surface area contributed by atoms with E-state index < -0.39 is 0 Å². The van der Waals surface area contributed by atoms with Gasteiger partial charge in [0.05, 0.1) is 24.0 Å². The van der Waals surface area contributed by atoms with Crippen molar-refractivity contribution in [3.63, 3.8) is 0 Å². The summed E-state index contributed by atoms with van der Waals surface area (Å²) in [7, 11) is 0. The average Bonchev–Trinajstić information content (AvgIpc) is 3.00. The van der Waals surface area contributed by atoms with Gasteiger partial charge in [0.1, 0.15) is 0 Å². The van der Waals surface area contributed by atoms with Crippen molar-refractivity contribution in [1.29, 1.82) is 0 Å². The lowest BCUT2D eigenvalue weighted by Gasteiger charge is -2.22. The maximum atomic E-state index is 12.2. The fourth-order valence-corrected chi connectivity index (χ4v) is 4.77. The van der Waals surface area contributed by atoms with Crippen LogP contribution in [0.25, 0.3) is 0 Å². The third-order valence-corrected chi connectivity index (χ3v) is 6.22. The number of amides is 1. The molecule has 0 aliphatic heterocycles. The lowest BCUT2D eigenvalue weighted by molar-refractivity contribution is -0.142. The zero-order chi connectivity index (χ0) is 17.4. The van der Waals surface area contributed by atoms with Crippen LogP contribution in [0.2, 0.25) is 0 Å². The first-order valence-corrected chi connectivity index (χ1v) is 10.4. The molecule has 0 spiro atoms. The van der Waals surface area contributed by atoms with Gasteiger partial charge in [0.15, 0.2) is 4.34 Å². The van der Waals surface area contributed by atoms with Gasteiger partial charge in [-0.15, -0.1) is 11.3 Å². The molecule has 1 aliphatic rings. The molecule has 7 heteroatoms. The standard InChI is InChI=1S/C17H26N2O3S2/c1-3-22-15(20)9-14-11-23-17(19-14)24-12(2)16(21)18-10-13-7-5-4-6-8-13/h11-13H,3-10H2,1-2H3,(H,18,21)/t12-/m0/s1. The van der Waals surface area contributed by atoms with Crippen LogP contribution in [0, 0.1) is 5.92 Å². The Kier molecular flexibility index (Phi) is 8.05. The van der Waals surface area contributed by atoms with E-state index in [-0.39, 0.29) is 23.5 Å². The van der Waals surface area contributed by atoms with E-state index in [0.29, 0.717) is 18.2 Å². The van der Waals surface area contributed by atoms with Gasteiger partial charge in [-0.3, -0.25) is 9.59 Å². The van der Waals surface area contributed by atoms with Gasteiger partial charge >= 0.3 is 5.97 Å². The van der Waals surface area contributed by atoms with Gasteiger partial charge in [-0.1, -0.05) is 31.0 Å². The van der Waals surface area contributed by atoms with Crippen molar-refractivity contribution in [2.75, 3.05) is 13.2 Å². The second kappa shape index (κ2) is 10.0. The van der Waals surface area contributed by atoms with Crippen molar-refractivity contribution in [1.82, 2.24) is 10.3 Å². The van der Waals surface area contributed by atoms with E-state index in [0.717, 1.165) is 10.9 Å². The average molecular weight is 371 g/mol. The summed E-state index contributed by atoms with van der Waals surface area (Å²) in [6.07, 6.45) is 6.54. The van der Waals surface area contributed by atoms with Crippen molar-refractivity contribution in [2.45, 2.75) is 62.0 Å². The minimum atomic E-state index is -0.266. The summed E-state index contributed by atoms with van der Waals surface area (Å²) in [4.78, 5) is 28.1. The van der Waals surface area contributed by atoms with Gasteiger partial charge in [-0.2, -0.15) is 0 Å². The van der Waals surface area contributed by atoms with Gasteiger partial charge in [-0.05, 0) is 32.6 Å². The Balaban J connectivity index is 1.74. The number of carbonyl (C=O) groups is 2. The predicted molar refractivity (Wildman–Crippen MR) is 97.4 cm³/mol. The molecule has 1 saturated carbocycles. The number of nitrogens with one attached hydrogen (secondary N) is 1. The first kappa shape index (κ1) is 19.2. The second-order valence-electron chi connectivity index (χ2n) is 6.10. The van der Waals surface area contributed by atoms with Crippen molar-refractivity contribution < 1.29 is 14.3 Å². The molecule has 1 N–H and O–H groups in total. The number of thioether (sulfide) groups is 1. The van der Waals surface area contributed by atoms with Gasteiger partial charge in [0.2, 0.25) is 5.91 Å².